The predicted octanol–water partition coefficient (Wildman–Crippen LogP) is 2.59. The Bertz CT molecular complexity index is 799. The van der Waals surface area contributed by atoms with Crippen LogP contribution in [0.5, 0.6) is 0 Å². The highest BCUT2D eigenvalue weighted by Gasteiger charge is 2.40. The third-order valence-electron chi connectivity index (χ3n) is 5.55. The highest BCUT2D eigenvalue weighted by Crippen LogP contribution is 2.32. The molecule has 0 saturated carbocycles. The molecule has 2 aromatic rings. The Labute approximate surface area is 136 Å². The van der Waals surface area contributed by atoms with Gasteiger partial charge in [0.1, 0.15) is 0 Å². The number of hydrogen-bond acceptors (Lipinski definition) is 3. The van der Waals surface area contributed by atoms with E-state index in [-0.39, 0.29) is 5.91 Å². The Morgan fingerprint density at radius 3 is 2.91 bits per heavy atom. The molecule has 2 atom stereocenters. The Hall–Kier alpha value is -1.94. The van der Waals surface area contributed by atoms with Crippen molar-refractivity contribution in [3.63, 3.8) is 0 Å². The van der Waals surface area contributed by atoms with Crippen molar-refractivity contribution in [2.45, 2.75) is 33.2 Å². The number of nitrogens with one attached hydrogen (secondary N) is 1. The fraction of sp³-hybridized carbons (Fsp3) is 0.474. The highest BCUT2D eigenvalue weighted by atomic mass is 16.2. The Kier molecular flexibility index (Phi) is 3.38. The van der Waals surface area contributed by atoms with E-state index in [0.29, 0.717) is 12.0 Å². The van der Waals surface area contributed by atoms with Crippen molar-refractivity contribution in [2.24, 2.45) is 5.92 Å². The third-order valence-corrected chi connectivity index (χ3v) is 5.55. The summed E-state index contributed by atoms with van der Waals surface area (Å²) in [4.78, 5) is 20.1. The van der Waals surface area contributed by atoms with Crippen molar-refractivity contribution in [1.82, 2.24) is 15.2 Å². The molecule has 0 bridgehead atoms. The quantitative estimate of drug-likeness (QED) is 0.880. The van der Waals surface area contributed by atoms with Gasteiger partial charge < -0.3 is 10.2 Å². The minimum atomic E-state index is 0.180. The van der Waals surface area contributed by atoms with Crippen molar-refractivity contribution in [3.05, 3.63) is 40.6 Å². The van der Waals surface area contributed by atoms with E-state index in [0.717, 1.165) is 53.8 Å². The van der Waals surface area contributed by atoms with E-state index in [4.69, 9.17) is 0 Å². The summed E-state index contributed by atoms with van der Waals surface area (Å²) in [6, 6.07) is 6.54. The molecule has 23 heavy (non-hydrogen) atoms. The van der Waals surface area contributed by atoms with Gasteiger partial charge in [0.15, 0.2) is 0 Å². The van der Waals surface area contributed by atoms with Gasteiger partial charge in [-0.2, -0.15) is 0 Å². The summed E-state index contributed by atoms with van der Waals surface area (Å²) in [5.74, 6) is 0.801. The second-order valence-electron chi connectivity index (χ2n) is 6.99. The van der Waals surface area contributed by atoms with Crippen LogP contribution in [0, 0.1) is 26.7 Å². The molecule has 0 radical (unpaired) electrons. The number of aryl methyl sites for hydroxylation is 2. The van der Waals surface area contributed by atoms with Crippen molar-refractivity contribution in [1.29, 1.82) is 0 Å². The number of carbonyl (C=O) groups excluding carboxylic acids is 1. The summed E-state index contributed by atoms with van der Waals surface area (Å²) < 4.78 is 0. The first-order chi connectivity index (χ1) is 11.1. The lowest BCUT2D eigenvalue weighted by Gasteiger charge is -2.25. The van der Waals surface area contributed by atoms with E-state index < -0.39 is 0 Å². The van der Waals surface area contributed by atoms with Gasteiger partial charge in [-0.25, -0.2) is 0 Å². The van der Waals surface area contributed by atoms with Crippen LogP contribution in [0.1, 0.15) is 33.6 Å². The molecule has 3 heterocycles. The molecule has 2 saturated heterocycles. The number of rotatable bonds is 1. The van der Waals surface area contributed by atoms with E-state index in [2.05, 4.69) is 34.3 Å². The van der Waals surface area contributed by atoms with Crippen LogP contribution in [-0.2, 0) is 0 Å². The van der Waals surface area contributed by atoms with Crippen LogP contribution in [0.4, 0.5) is 0 Å². The lowest BCUT2D eigenvalue weighted by Crippen LogP contribution is -2.39. The Morgan fingerprint density at radius 2 is 2.09 bits per heavy atom. The predicted molar refractivity (Wildman–Crippen MR) is 91.8 cm³/mol. The van der Waals surface area contributed by atoms with Crippen LogP contribution in [0.15, 0.2) is 18.2 Å². The van der Waals surface area contributed by atoms with Gasteiger partial charge in [0.05, 0.1) is 11.1 Å². The first-order valence-corrected chi connectivity index (χ1v) is 8.45. The van der Waals surface area contributed by atoms with Crippen LogP contribution in [0.25, 0.3) is 10.9 Å². The lowest BCUT2D eigenvalue weighted by molar-refractivity contribution is 0.0738. The summed E-state index contributed by atoms with van der Waals surface area (Å²) in [7, 11) is 0. The zero-order chi connectivity index (χ0) is 16.1. The van der Waals surface area contributed by atoms with E-state index in [9.17, 15) is 4.79 Å². The third kappa shape index (κ3) is 2.24. The van der Waals surface area contributed by atoms with Crippen LogP contribution in [-0.4, -0.2) is 41.5 Å². The van der Waals surface area contributed by atoms with Gasteiger partial charge in [0.2, 0.25) is 0 Å². The van der Waals surface area contributed by atoms with Gasteiger partial charge in [-0.15, -0.1) is 0 Å². The van der Waals surface area contributed by atoms with Crippen molar-refractivity contribution in [2.75, 3.05) is 19.6 Å². The molecule has 4 nitrogen and oxygen atoms in total. The van der Waals surface area contributed by atoms with E-state index in [1.165, 1.54) is 5.56 Å². The number of nitrogens with zero attached hydrogens (tertiary/aromatic N) is 2. The molecule has 0 spiro atoms. The SMILES string of the molecule is Cc1ccc2nc(C)c(C)c(C(=O)N3CC[C@H]4CNC[C@H]43)c2c1. The van der Waals surface area contributed by atoms with Gasteiger partial charge in [-0.05, 0) is 50.8 Å². The lowest BCUT2D eigenvalue weighted by atomic mass is 9.98. The minimum absolute atomic E-state index is 0.180. The topological polar surface area (TPSA) is 45.2 Å². The number of carbonyl (C=O) groups is 1. The summed E-state index contributed by atoms with van der Waals surface area (Å²) in [5, 5.41) is 4.42. The summed E-state index contributed by atoms with van der Waals surface area (Å²) in [5.41, 5.74) is 4.90. The van der Waals surface area contributed by atoms with Gasteiger partial charge in [0, 0.05) is 36.8 Å². The first kappa shape index (κ1) is 14.6. The monoisotopic (exact) mass is 309 g/mol. The van der Waals surface area contributed by atoms with E-state index in [1.807, 2.05) is 19.9 Å². The number of hydrogen-bond donors (Lipinski definition) is 1. The molecule has 4 rings (SSSR count). The average Bonchev–Trinajstić information content (AvgIpc) is 3.11. The molecule has 0 unspecified atom stereocenters. The molecule has 1 N–H and O–H groups in total. The zero-order valence-corrected chi connectivity index (χ0v) is 14.0. The largest absolute Gasteiger partial charge is 0.334 e. The number of amides is 1. The van der Waals surface area contributed by atoms with Gasteiger partial charge >= 0.3 is 0 Å². The average molecular weight is 309 g/mol. The maximum atomic E-state index is 13.4. The Morgan fingerprint density at radius 1 is 1.26 bits per heavy atom. The van der Waals surface area contributed by atoms with Crippen LogP contribution in [0.3, 0.4) is 0 Å². The van der Waals surface area contributed by atoms with Crippen molar-refractivity contribution in [3.8, 4) is 0 Å². The molecule has 120 valence electrons. The molecule has 1 aromatic carbocycles. The van der Waals surface area contributed by atoms with Gasteiger partial charge in [0.25, 0.3) is 5.91 Å². The van der Waals surface area contributed by atoms with Crippen LogP contribution in [0.2, 0.25) is 0 Å². The fourth-order valence-corrected chi connectivity index (χ4v) is 4.12. The van der Waals surface area contributed by atoms with Gasteiger partial charge in [-0.1, -0.05) is 11.6 Å². The van der Waals surface area contributed by atoms with Crippen LogP contribution >= 0.6 is 0 Å². The second-order valence-corrected chi connectivity index (χ2v) is 6.99. The Balaban J connectivity index is 1.85. The number of fused-ring (bicyclic) bond motifs is 2. The maximum Gasteiger partial charge on any atom is 0.255 e. The van der Waals surface area contributed by atoms with E-state index >= 15 is 0 Å². The van der Waals surface area contributed by atoms with Crippen molar-refractivity contribution < 1.29 is 4.79 Å². The molecular weight excluding hydrogens is 286 g/mol. The highest BCUT2D eigenvalue weighted by molar-refractivity contribution is 6.08. The number of benzene rings is 1. The number of likely N-dealkylation sites (tertiary alicyclic amines) is 1. The molecule has 2 aliphatic heterocycles. The minimum Gasteiger partial charge on any atom is -0.334 e. The zero-order valence-electron chi connectivity index (χ0n) is 14.0. The van der Waals surface area contributed by atoms with Gasteiger partial charge in [-0.3, -0.25) is 9.78 Å². The molecule has 4 heteroatoms. The molecular formula is C19H23N3O. The maximum absolute atomic E-state index is 13.4. The number of aromatic nitrogens is 1. The fourth-order valence-electron chi connectivity index (χ4n) is 4.12. The smallest absolute Gasteiger partial charge is 0.255 e. The number of pyridine rings is 1. The van der Waals surface area contributed by atoms with Crippen molar-refractivity contribution >= 4 is 16.8 Å². The van der Waals surface area contributed by atoms with Crippen LogP contribution < -0.4 is 5.32 Å². The first-order valence-electron chi connectivity index (χ1n) is 8.45. The summed E-state index contributed by atoms with van der Waals surface area (Å²) in [6.45, 7) is 8.94. The molecule has 1 aromatic heterocycles. The molecule has 1 amide bonds. The second kappa shape index (κ2) is 5.31. The normalized spacial score (nSPS) is 23.5. The van der Waals surface area contributed by atoms with E-state index in [1.54, 1.807) is 0 Å². The molecule has 0 aliphatic carbocycles. The summed E-state index contributed by atoms with van der Waals surface area (Å²) in [6.07, 6.45) is 1.11. The molecule has 2 fully saturated rings. The molecule has 2 aliphatic rings. The summed E-state index contributed by atoms with van der Waals surface area (Å²) >= 11 is 0. The standard InChI is InChI=1S/C19H23N3O/c1-11-4-5-16-15(8-11)18(12(2)13(3)21-16)19(23)22-7-6-14-9-20-10-17(14)22/h4-5,8,14,17,20H,6-7,9-10H2,1-3H3/t14-,17+/m0/s1.